The summed E-state index contributed by atoms with van der Waals surface area (Å²) < 4.78 is 17.8. The normalized spacial score (nSPS) is 10.1. The van der Waals surface area contributed by atoms with Gasteiger partial charge < -0.3 is 15.4 Å². The van der Waals surface area contributed by atoms with Crippen molar-refractivity contribution in [3.8, 4) is 0 Å². The predicted octanol–water partition coefficient (Wildman–Crippen LogP) is 2.30. The van der Waals surface area contributed by atoms with E-state index in [9.17, 15) is 18.8 Å². The van der Waals surface area contributed by atoms with Crippen molar-refractivity contribution in [3.05, 3.63) is 65.5 Å². The summed E-state index contributed by atoms with van der Waals surface area (Å²) in [5.41, 5.74) is 1.83. The van der Waals surface area contributed by atoms with Crippen molar-refractivity contribution in [1.29, 1.82) is 0 Å². The molecule has 7 heteroatoms. The van der Waals surface area contributed by atoms with Crippen LogP contribution in [-0.2, 0) is 20.7 Å². The van der Waals surface area contributed by atoms with Gasteiger partial charge in [0.25, 0.3) is 11.8 Å². The van der Waals surface area contributed by atoms with Crippen LogP contribution in [0.25, 0.3) is 0 Å². The second-order valence-corrected chi connectivity index (χ2v) is 5.45. The molecule has 0 atom stereocenters. The lowest BCUT2D eigenvalue weighted by molar-refractivity contribution is -0.146. The number of carbonyl (C=O) groups excluding carboxylic acids is 3. The van der Waals surface area contributed by atoms with E-state index in [0.717, 1.165) is 18.1 Å². The molecule has 0 radical (unpaired) electrons. The van der Waals surface area contributed by atoms with Crippen LogP contribution in [0.1, 0.15) is 22.8 Å². The van der Waals surface area contributed by atoms with Gasteiger partial charge in [0.15, 0.2) is 6.61 Å². The quantitative estimate of drug-likeness (QED) is 0.744. The number of carbonyl (C=O) groups is 3. The second-order valence-electron chi connectivity index (χ2n) is 5.45. The molecule has 6 nitrogen and oxygen atoms in total. The maximum atomic E-state index is 13.0. The Morgan fingerprint density at radius 3 is 2.46 bits per heavy atom. The fraction of sp³-hybridized carbons (Fsp3) is 0.211. The number of amides is 2. The Balaban J connectivity index is 1.72. The number of halogens is 1. The summed E-state index contributed by atoms with van der Waals surface area (Å²) >= 11 is 0. The Morgan fingerprint density at radius 2 is 1.81 bits per heavy atom. The second kappa shape index (κ2) is 9.31. The molecule has 2 aromatic carbocycles. The highest BCUT2D eigenvalue weighted by atomic mass is 19.1. The molecular weight excluding hydrogens is 339 g/mol. The molecule has 0 saturated heterocycles. The molecule has 0 fully saturated rings. The highest BCUT2D eigenvalue weighted by Crippen LogP contribution is 2.09. The molecule has 0 aromatic heterocycles. The molecule has 0 bridgehead atoms. The fourth-order valence-corrected chi connectivity index (χ4v) is 2.10. The maximum absolute atomic E-state index is 13.0. The molecule has 136 valence electrons. The number of aryl methyl sites for hydroxylation is 1. The van der Waals surface area contributed by atoms with Crippen molar-refractivity contribution in [2.45, 2.75) is 13.3 Å². The lowest BCUT2D eigenvalue weighted by Gasteiger charge is -2.08. The lowest BCUT2D eigenvalue weighted by atomic mass is 10.1. The van der Waals surface area contributed by atoms with E-state index in [1.165, 1.54) is 18.2 Å². The van der Waals surface area contributed by atoms with E-state index in [2.05, 4.69) is 10.6 Å². The van der Waals surface area contributed by atoms with Gasteiger partial charge in [-0.1, -0.05) is 25.1 Å². The number of rotatable bonds is 7. The van der Waals surface area contributed by atoms with Gasteiger partial charge in [-0.15, -0.1) is 0 Å². The van der Waals surface area contributed by atoms with Crippen LogP contribution in [0, 0.1) is 5.82 Å². The number of benzene rings is 2. The van der Waals surface area contributed by atoms with Crippen molar-refractivity contribution in [1.82, 2.24) is 5.32 Å². The molecule has 2 aromatic rings. The van der Waals surface area contributed by atoms with Crippen molar-refractivity contribution in [2.24, 2.45) is 0 Å². The summed E-state index contributed by atoms with van der Waals surface area (Å²) in [5, 5.41) is 4.90. The van der Waals surface area contributed by atoms with E-state index in [1.54, 1.807) is 12.1 Å². The molecule has 26 heavy (non-hydrogen) atoms. The lowest BCUT2D eigenvalue weighted by Crippen LogP contribution is -2.32. The van der Waals surface area contributed by atoms with Gasteiger partial charge >= 0.3 is 5.97 Å². The summed E-state index contributed by atoms with van der Waals surface area (Å²) in [6.45, 7) is 1.14. The third-order valence-corrected chi connectivity index (χ3v) is 3.49. The molecule has 0 spiro atoms. The third kappa shape index (κ3) is 6.01. The van der Waals surface area contributed by atoms with Crippen LogP contribution in [-0.4, -0.2) is 30.9 Å². The molecule has 0 aliphatic heterocycles. The number of anilines is 1. The molecule has 2 N–H and O–H groups in total. The van der Waals surface area contributed by atoms with Gasteiger partial charge in [-0.2, -0.15) is 0 Å². The average molecular weight is 358 g/mol. The van der Waals surface area contributed by atoms with Gasteiger partial charge in [0.2, 0.25) is 0 Å². The Labute approximate surface area is 150 Å². The predicted molar refractivity (Wildman–Crippen MR) is 94.1 cm³/mol. The van der Waals surface area contributed by atoms with Crippen LogP contribution < -0.4 is 10.6 Å². The van der Waals surface area contributed by atoms with Crippen LogP contribution in [0.3, 0.4) is 0 Å². The number of ether oxygens (including phenoxy) is 1. The Bertz CT molecular complexity index is 790. The van der Waals surface area contributed by atoms with E-state index in [4.69, 9.17) is 4.74 Å². The smallest absolute Gasteiger partial charge is 0.325 e. The Kier molecular flexibility index (Phi) is 6.84. The Morgan fingerprint density at radius 1 is 1.08 bits per heavy atom. The fourth-order valence-electron chi connectivity index (χ4n) is 2.10. The molecule has 0 heterocycles. The molecule has 2 rings (SSSR count). The zero-order valence-corrected chi connectivity index (χ0v) is 14.3. The zero-order chi connectivity index (χ0) is 18.9. The van der Waals surface area contributed by atoms with Gasteiger partial charge in [0.05, 0.1) is 0 Å². The molecular formula is C19H19FN2O4. The van der Waals surface area contributed by atoms with Crippen LogP contribution in [0.2, 0.25) is 0 Å². The Hall–Kier alpha value is -3.22. The molecule has 0 aliphatic rings. The first kappa shape index (κ1) is 19.1. The number of nitrogens with one attached hydrogen (secondary N) is 2. The van der Waals surface area contributed by atoms with Gasteiger partial charge in [0.1, 0.15) is 12.4 Å². The van der Waals surface area contributed by atoms with Crippen LogP contribution in [0.15, 0.2) is 48.5 Å². The highest BCUT2D eigenvalue weighted by molar-refractivity contribution is 5.96. The minimum Gasteiger partial charge on any atom is -0.454 e. The SMILES string of the molecule is CCc1ccc(NC(=O)COC(=O)CNC(=O)c2cccc(F)c2)cc1. The third-order valence-electron chi connectivity index (χ3n) is 3.49. The summed E-state index contributed by atoms with van der Waals surface area (Å²) in [6, 6.07) is 12.4. The first-order chi connectivity index (χ1) is 12.5. The number of hydrogen-bond acceptors (Lipinski definition) is 4. The summed E-state index contributed by atoms with van der Waals surface area (Å²) in [6.07, 6.45) is 0.896. The summed E-state index contributed by atoms with van der Waals surface area (Å²) in [7, 11) is 0. The monoisotopic (exact) mass is 358 g/mol. The van der Waals surface area contributed by atoms with Crippen molar-refractivity contribution in [3.63, 3.8) is 0 Å². The summed E-state index contributed by atoms with van der Waals surface area (Å²) in [5.74, 6) is -2.42. The first-order valence-corrected chi connectivity index (χ1v) is 8.06. The van der Waals surface area contributed by atoms with E-state index in [1.807, 2.05) is 19.1 Å². The molecule has 0 aliphatic carbocycles. The van der Waals surface area contributed by atoms with Crippen LogP contribution >= 0.6 is 0 Å². The first-order valence-electron chi connectivity index (χ1n) is 8.06. The molecule has 0 unspecified atom stereocenters. The minimum atomic E-state index is -0.772. The van der Waals surface area contributed by atoms with E-state index < -0.39 is 36.8 Å². The highest BCUT2D eigenvalue weighted by Gasteiger charge is 2.11. The molecule has 0 saturated carbocycles. The van der Waals surface area contributed by atoms with Gasteiger partial charge in [-0.05, 0) is 42.3 Å². The number of hydrogen-bond donors (Lipinski definition) is 2. The van der Waals surface area contributed by atoms with E-state index in [-0.39, 0.29) is 5.56 Å². The standard InChI is InChI=1S/C19H19FN2O4/c1-2-13-6-8-16(9-7-13)22-17(23)12-26-18(24)11-21-19(25)14-4-3-5-15(20)10-14/h3-10H,2,11-12H2,1H3,(H,21,25)(H,22,23). The van der Waals surface area contributed by atoms with Gasteiger partial charge in [0, 0.05) is 11.3 Å². The van der Waals surface area contributed by atoms with E-state index in [0.29, 0.717) is 5.69 Å². The molecule has 2 amide bonds. The van der Waals surface area contributed by atoms with Crippen LogP contribution in [0.5, 0.6) is 0 Å². The zero-order valence-electron chi connectivity index (χ0n) is 14.3. The average Bonchev–Trinajstić information content (AvgIpc) is 2.65. The van der Waals surface area contributed by atoms with Gasteiger partial charge in [-0.3, -0.25) is 14.4 Å². The minimum absolute atomic E-state index is 0.0890. The summed E-state index contributed by atoms with van der Waals surface area (Å²) in [4.78, 5) is 35.1. The van der Waals surface area contributed by atoms with Crippen molar-refractivity contribution in [2.75, 3.05) is 18.5 Å². The van der Waals surface area contributed by atoms with Crippen LogP contribution in [0.4, 0.5) is 10.1 Å². The maximum Gasteiger partial charge on any atom is 0.325 e. The van der Waals surface area contributed by atoms with Gasteiger partial charge in [-0.25, -0.2) is 4.39 Å². The largest absolute Gasteiger partial charge is 0.454 e. The number of esters is 1. The van der Waals surface area contributed by atoms with E-state index >= 15 is 0 Å². The van der Waals surface area contributed by atoms with Crippen molar-refractivity contribution < 1.29 is 23.5 Å². The van der Waals surface area contributed by atoms with Crippen molar-refractivity contribution >= 4 is 23.5 Å². The topological polar surface area (TPSA) is 84.5 Å².